The van der Waals surface area contributed by atoms with Gasteiger partial charge in [-0.15, -0.1) is 0 Å². The van der Waals surface area contributed by atoms with Crippen molar-refractivity contribution < 1.29 is 9.53 Å². The van der Waals surface area contributed by atoms with E-state index in [1.165, 1.54) is 11.5 Å². The first-order valence-electron chi connectivity index (χ1n) is 5.24. The Morgan fingerprint density at radius 3 is 2.93 bits per heavy atom. The summed E-state index contributed by atoms with van der Waals surface area (Å²) < 4.78 is 9.75. The van der Waals surface area contributed by atoms with Crippen molar-refractivity contribution in [1.82, 2.24) is 4.37 Å². The van der Waals surface area contributed by atoms with E-state index in [-0.39, 0.29) is 5.78 Å². The van der Waals surface area contributed by atoms with Gasteiger partial charge in [-0.1, -0.05) is 0 Å². The molecule has 2 heterocycles. The average Bonchev–Trinajstić information content (AvgIpc) is 2.65. The van der Waals surface area contributed by atoms with Crippen LogP contribution in [0.4, 0.5) is 0 Å². The van der Waals surface area contributed by atoms with Gasteiger partial charge in [-0.3, -0.25) is 4.79 Å². The highest BCUT2D eigenvalue weighted by atomic mass is 32.1. The van der Waals surface area contributed by atoms with Gasteiger partial charge < -0.3 is 4.74 Å². The maximum Gasteiger partial charge on any atom is 0.205 e. The summed E-state index contributed by atoms with van der Waals surface area (Å²) in [5, 5.41) is 0. The fourth-order valence-electron chi connectivity index (χ4n) is 1.84. The number of aromatic nitrogens is 1. The van der Waals surface area contributed by atoms with Gasteiger partial charge >= 0.3 is 0 Å². The average molecular weight is 225 g/mol. The summed E-state index contributed by atoms with van der Waals surface area (Å²) in [4.78, 5) is 12.9. The quantitative estimate of drug-likeness (QED) is 0.726. The minimum Gasteiger partial charge on any atom is -0.367 e. The van der Waals surface area contributed by atoms with Crippen LogP contribution in [0.5, 0.6) is 0 Å². The molecule has 0 saturated carbocycles. The molecule has 1 atom stereocenters. The van der Waals surface area contributed by atoms with E-state index in [4.69, 9.17) is 4.74 Å². The molecule has 1 unspecified atom stereocenters. The van der Waals surface area contributed by atoms with E-state index in [1.54, 1.807) is 0 Å². The van der Waals surface area contributed by atoms with Crippen molar-refractivity contribution in [2.45, 2.75) is 38.7 Å². The number of carbonyl (C=O) groups is 1. The van der Waals surface area contributed by atoms with Crippen LogP contribution in [-0.2, 0) is 4.74 Å². The molecule has 1 aliphatic rings. The van der Waals surface area contributed by atoms with Crippen molar-refractivity contribution in [3.8, 4) is 0 Å². The molecule has 4 heteroatoms. The zero-order valence-corrected chi connectivity index (χ0v) is 9.89. The molecule has 1 fully saturated rings. The zero-order chi connectivity index (χ0) is 10.9. The summed E-state index contributed by atoms with van der Waals surface area (Å²) >= 11 is 1.27. The second-order valence-electron chi connectivity index (χ2n) is 4.20. The van der Waals surface area contributed by atoms with Crippen molar-refractivity contribution in [2.75, 3.05) is 6.61 Å². The van der Waals surface area contributed by atoms with Gasteiger partial charge in [-0.25, -0.2) is 0 Å². The van der Waals surface area contributed by atoms with Crippen molar-refractivity contribution >= 4 is 17.3 Å². The Morgan fingerprint density at radius 2 is 2.40 bits per heavy atom. The molecule has 15 heavy (non-hydrogen) atoms. The van der Waals surface area contributed by atoms with E-state index in [2.05, 4.69) is 4.37 Å². The van der Waals surface area contributed by atoms with Gasteiger partial charge in [0, 0.05) is 6.61 Å². The first-order valence-corrected chi connectivity index (χ1v) is 6.01. The molecule has 0 radical (unpaired) electrons. The Kier molecular flexibility index (Phi) is 2.89. The van der Waals surface area contributed by atoms with Gasteiger partial charge in [-0.05, 0) is 50.7 Å². The predicted molar refractivity (Wildman–Crippen MR) is 59.4 cm³/mol. The van der Waals surface area contributed by atoms with E-state index in [0.717, 1.165) is 29.8 Å². The molecule has 0 aromatic carbocycles. The number of ether oxygens (including phenoxy) is 1. The van der Waals surface area contributed by atoms with Crippen LogP contribution in [0.3, 0.4) is 0 Å². The molecule has 0 aliphatic carbocycles. The Hall–Kier alpha value is -0.740. The molecular weight excluding hydrogens is 210 g/mol. The smallest absolute Gasteiger partial charge is 0.205 e. The number of nitrogens with zero attached hydrogens (tertiary/aromatic N) is 1. The number of Topliss-reactive ketones (excluding diaryl/α,β-unsaturated/α-hetero) is 1. The minimum absolute atomic E-state index is 0.0906. The Balaban J connectivity index is 2.19. The SMILES string of the molecule is Cc1cc(C(=O)C2(C)CCCCO2)sn1. The molecule has 1 saturated heterocycles. The summed E-state index contributed by atoms with van der Waals surface area (Å²) in [5.74, 6) is 0.0906. The lowest BCUT2D eigenvalue weighted by atomic mass is 9.90. The summed E-state index contributed by atoms with van der Waals surface area (Å²) in [5.41, 5.74) is 0.291. The highest BCUT2D eigenvalue weighted by Crippen LogP contribution is 2.29. The number of aryl methyl sites for hydroxylation is 1. The minimum atomic E-state index is -0.614. The lowest BCUT2D eigenvalue weighted by Crippen LogP contribution is -2.40. The molecule has 0 N–H and O–H groups in total. The van der Waals surface area contributed by atoms with E-state index >= 15 is 0 Å². The Morgan fingerprint density at radius 1 is 1.60 bits per heavy atom. The molecule has 1 aromatic rings. The maximum absolute atomic E-state index is 12.2. The van der Waals surface area contributed by atoms with Gasteiger partial charge in [0.2, 0.25) is 5.78 Å². The topological polar surface area (TPSA) is 39.2 Å². The molecule has 1 aromatic heterocycles. The van der Waals surface area contributed by atoms with Gasteiger partial charge in [0.25, 0.3) is 0 Å². The van der Waals surface area contributed by atoms with Crippen LogP contribution in [-0.4, -0.2) is 22.4 Å². The number of ketones is 1. The highest BCUT2D eigenvalue weighted by molar-refractivity contribution is 7.08. The van der Waals surface area contributed by atoms with Crippen molar-refractivity contribution in [1.29, 1.82) is 0 Å². The second-order valence-corrected chi connectivity index (χ2v) is 5.00. The number of carbonyl (C=O) groups excluding carboxylic acids is 1. The van der Waals surface area contributed by atoms with Crippen LogP contribution in [0.15, 0.2) is 6.07 Å². The normalized spacial score (nSPS) is 26.5. The largest absolute Gasteiger partial charge is 0.367 e. The third kappa shape index (κ3) is 2.11. The fourth-order valence-corrected chi connectivity index (χ4v) is 2.66. The van der Waals surface area contributed by atoms with Gasteiger partial charge in [0.05, 0.1) is 10.6 Å². The van der Waals surface area contributed by atoms with E-state index in [9.17, 15) is 4.79 Å². The summed E-state index contributed by atoms with van der Waals surface area (Å²) in [6, 6.07) is 1.84. The fraction of sp³-hybridized carbons (Fsp3) is 0.636. The van der Waals surface area contributed by atoms with Crippen LogP contribution in [0.1, 0.15) is 41.6 Å². The number of rotatable bonds is 2. The van der Waals surface area contributed by atoms with Gasteiger partial charge in [-0.2, -0.15) is 4.37 Å². The van der Waals surface area contributed by atoms with Crippen LogP contribution < -0.4 is 0 Å². The van der Waals surface area contributed by atoms with Crippen LogP contribution >= 0.6 is 11.5 Å². The number of hydrogen-bond donors (Lipinski definition) is 0. The van der Waals surface area contributed by atoms with E-state index < -0.39 is 5.60 Å². The summed E-state index contributed by atoms with van der Waals surface area (Å²) in [6.45, 7) is 4.49. The standard InChI is InChI=1S/C11H15NO2S/c1-8-7-9(15-12-8)10(13)11(2)5-3-4-6-14-11/h7H,3-6H2,1-2H3. The molecule has 0 amide bonds. The number of hydrogen-bond acceptors (Lipinski definition) is 4. The van der Waals surface area contributed by atoms with Crippen molar-refractivity contribution in [2.24, 2.45) is 0 Å². The van der Waals surface area contributed by atoms with Gasteiger partial charge in [0.15, 0.2) is 0 Å². The first kappa shape index (κ1) is 10.8. The zero-order valence-electron chi connectivity index (χ0n) is 9.08. The molecule has 0 bridgehead atoms. The van der Waals surface area contributed by atoms with Crippen LogP contribution in [0, 0.1) is 6.92 Å². The Bertz CT molecular complexity index is 366. The molecule has 1 aliphatic heterocycles. The van der Waals surface area contributed by atoms with Crippen LogP contribution in [0.25, 0.3) is 0 Å². The monoisotopic (exact) mass is 225 g/mol. The highest BCUT2D eigenvalue weighted by Gasteiger charge is 2.37. The van der Waals surface area contributed by atoms with Crippen molar-refractivity contribution in [3.63, 3.8) is 0 Å². The van der Waals surface area contributed by atoms with E-state index in [1.807, 2.05) is 19.9 Å². The third-order valence-electron chi connectivity index (χ3n) is 2.80. The van der Waals surface area contributed by atoms with Gasteiger partial charge in [0.1, 0.15) is 5.60 Å². The third-order valence-corrected chi connectivity index (χ3v) is 3.68. The summed E-state index contributed by atoms with van der Waals surface area (Å²) in [7, 11) is 0. The van der Waals surface area contributed by atoms with E-state index in [0.29, 0.717) is 6.61 Å². The lowest BCUT2D eigenvalue weighted by Gasteiger charge is -2.31. The Labute approximate surface area is 93.6 Å². The first-order chi connectivity index (χ1) is 7.12. The molecule has 3 nitrogen and oxygen atoms in total. The summed E-state index contributed by atoms with van der Waals surface area (Å²) in [6.07, 6.45) is 2.95. The molecule has 0 spiro atoms. The predicted octanol–water partition coefficient (Wildman–Crippen LogP) is 2.59. The maximum atomic E-state index is 12.2. The second kappa shape index (κ2) is 4.02. The van der Waals surface area contributed by atoms with Crippen molar-refractivity contribution in [3.05, 3.63) is 16.6 Å². The molecule has 2 rings (SSSR count). The molecule has 82 valence electrons. The lowest BCUT2D eigenvalue weighted by molar-refractivity contribution is -0.0423. The molecular formula is C11H15NO2S. The van der Waals surface area contributed by atoms with Crippen LogP contribution in [0.2, 0.25) is 0 Å².